The van der Waals surface area contributed by atoms with Crippen LogP contribution in [-0.4, -0.2) is 56.1 Å². The van der Waals surface area contributed by atoms with Gasteiger partial charge in [-0.3, -0.25) is 9.78 Å². The lowest BCUT2D eigenvalue weighted by Gasteiger charge is -2.24. The summed E-state index contributed by atoms with van der Waals surface area (Å²) in [6.07, 6.45) is 3.90. The number of amides is 1. The first kappa shape index (κ1) is 17.4. The van der Waals surface area contributed by atoms with Gasteiger partial charge in [-0.25, -0.2) is 0 Å². The van der Waals surface area contributed by atoms with Crippen LogP contribution in [-0.2, 0) is 0 Å². The Bertz CT molecular complexity index is 428. The van der Waals surface area contributed by atoms with Gasteiger partial charge in [-0.1, -0.05) is 13.8 Å². The number of rotatable bonds is 9. The van der Waals surface area contributed by atoms with Crippen molar-refractivity contribution in [2.45, 2.75) is 26.7 Å². The second kappa shape index (κ2) is 9.34. The van der Waals surface area contributed by atoms with E-state index in [-0.39, 0.29) is 5.91 Å². The molecule has 1 N–H and O–H groups in total. The van der Waals surface area contributed by atoms with E-state index in [0.717, 1.165) is 38.2 Å². The molecule has 0 aliphatic heterocycles. The highest BCUT2D eigenvalue weighted by Crippen LogP contribution is 2.15. The molecule has 0 unspecified atom stereocenters. The van der Waals surface area contributed by atoms with Crippen LogP contribution in [0.25, 0.3) is 0 Å². The predicted octanol–water partition coefficient (Wildman–Crippen LogP) is 2.00. The van der Waals surface area contributed by atoms with Crippen LogP contribution in [0.5, 0.6) is 0 Å². The third kappa shape index (κ3) is 6.12. The van der Waals surface area contributed by atoms with E-state index in [4.69, 9.17) is 0 Å². The second-order valence-electron chi connectivity index (χ2n) is 5.45. The Morgan fingerprint density at radius 3 is 2.43 bits per heavy atom. The van der Waals surface area contributed by atoms with Gasteiger partial charge in [-0.15, -0.1) is 0 Å². The lowest BCUT2D eigenvalue weighted by molar-refractivity contribution is 0.0946. The number of aromatic nitrogens is 1. The Kier molecular flexibility index (Phi) is 7.75. The van der Waals surface area contributed by atoms with E-state index in [0.29, 0.717) is 12.2 Å². The molecule has 0 aromatic carbocycles. The number of anilines is 1. The summed E-state index contributed by atoms with van der Waals surface area (Å²) < 4.78 is 0. The van der Waals surface area contributed by atoms with E-state index in [1.54, 1.807) is 6.20 Å². The molecular formula is C16H28N4O. The van der Waals surface area contributed by atoms with E-state index in [1.807, 2.05) is 31.1 Å². The van der Waals surface area contributed by atoms with Crippen LogP contribution in [0.3, 0.4) is 0 Å². The van der Waals surface area contributed by atoms with Crippen LogP contribution in [0.2, 0.25) is 0 Å². The number of carbonyl (C=O) groups is 1. The van der Waals surface area contributed by atoms with Crippen LogP contribution in [0.1, 0.15) is 37.2 Å². The molecule has 0 radical (unpaired) electrons. The SMILES string of the molecule is CCCN(CCC)c1ccnc(C(=O)NCCN(C)C)c1. The zero-order valence-electron chi connectivity index (χ0n) is 13.7. The third-order valence-corrected chi connectivity index (χ3v) is 3.17. The number of nitrogens with one attached hydrogen (secondary N) is 1. The first-order valence-electron chi connectivity index (χ1n) is 7.72. The summed E-state index contributed by atoms with van der Waals surface area (Å²) in [7, 11) is 3.97. The Labute approximate surface area is 128 Å². The maximum absolute atomic E-state index is 12.1. The number of carbonyl (C=O) groups excluding carboxylic acids is 1. The Morgan fingerprint density at radius 2 is 1.86 bits per heavy atom. The summed E-state index contributed by atoms with van der Waals surface area (Å²) in [5, 5.41) is 2.90. The first-order chi connectivity index (χ1) is 10.1. The normalized spacial score (nSPS) is 10.7. The molecular weight excluding hydrogens is 264 g/mol. The van der Waals surface area contributed by atoms with Gasteiger partial charge < -0.3 is 15.1 Å². The van der Waals surface area contributed by atoms with Gasteiger partial charge in [-0.05, 0) is 39.1 Å². The standard InChI is InChI=1S/C16H28N4O/c1-5-10-20(11-6-2)14-7-8-17-15(13-14)16(21)18-9-12-19(3)4/h7-8,13H,5-6,9-12H2,1-4H3,(H,18,21). The van der Waals surface area contributed by atoms with Crippen LogP contribution in [0.4, 0.5) is 5.69 Å². The minimum absolute atomic E-state index is 0.105. The third-order valence-electron chi connectivity index (χ3n) is 3.17. The molecule has 1 heterocycles. The first-order valence-corrected chi connectivity index (χ1v) is 7.72. The summed E-state index contributed by atoms with van der Waals surface area (Å²) in [5.74, 6) is -0.105. The van der Waals surface area contributed by atoms with E-state index >= 15 is 0 Å². The smallest absolute Gasteiger partial charge is 0.269 e. The van der Waals surface area contributed by atoms with Crippen molar-refractivity contribution in [2.75, 3.05) is 45.2 Å². The molecule has 0 aliphatic carbocycles. The highest BCUT2D eigenvalue weighted by molar-refractivity contribution is 5.93. The Morgan fingerprint density at radius 1 is 1.19 bits per heavy atom. The lowest BCUT2D eigenvalue weighted by Crippen LogP contribution is -2.32. The van der Waals surface area contributed by atoms with Crippen LogP contribution in [0, 0.1) is 0 Å². The summed E-state index contributed by atoms with van der Waals surface area (Å²) >= 11 is 0. The number of hydrogen-bond acceptors (Lipinski definition) is 4. The number of nitrogens with zero attached hydrogens (tertiary/aromatic N) is 3. The summed E-state index contributed by atoms with van der Waals surface area (Å²) in [6.45, 7) is 7.78. The summed E-state index contributed by atoms with van der Waals surface area (Å²) in [4.78, 5) is 20.6. The van der Waals surface area contributed by atoms with Crippen LogP contribution >= 0.6 is 0 Å². The van der Waals surface area contributed by atoms with Gasteiger partial charge in [-0.2, -0.15) is 0 Å². The monoisotopic (exact) mass is 292 g/mol. The maximum atomic E-state index is 12.1. The molecule has 5 nitrogen and oxygen atoms in total. The van der Waals surface area contributed by atoms with Crippen molar-refractivity contribution in [1.29, 1.82) is 0 Å². The van der Waals surface area contributed by atoms with Crippen molar-refractivity contribution in [3.8, 4) is 0 Å². The van der Waals surface area contributed by atoms with Crippen molar-refractivity contribution in [3.05, 3.63) is 24.0 Å². The van der Waals surface area contributed by atoms with Gasteiger partial charge in [0.2, 0.25) is 0 Å². The zero-order valence-corrected chi connectivity index (χ0v) is 13.7. The average molecular weight is 292 g/mol. The van der Waals surface area contributed by atoms with E-state index in [1.165, 1.54) is 0 Å². The molecule has 0 saturated carbocycles. The lowest BCUT2D eigenvalue weighted by atomic mass is 10.2. The Hall–Kier alpha value is -1.62. The Balaban J connectivity index is 2.71. The molecule has 1 rings (SSSR count). The van der Waals surface area contributed by atoms with Crippen molar-refractivity contribution >= 4 is 11.6 Å². The summed E-state index contributed by atoms with van der Waals surface area (Å²) in [6, 6.07) is 3.86. The quantitative estimate of drug-likeness (QED) is 0.756. The maximum Gasteiger partial charge on any atom is 0.269 e. The molecule has 0 aliphatic rings. The highest BCUT2D eigenvalue weighted by atomic mass is 16.1. The predicted molar refractivity (Wildman–Crippen MR) is 87.9 cm³/mol. The molecule has 1 aromatic heterocycles. The molecule has 21 heavy (non-hydrogen) atoms. The van der Waals surface area contributed by atoms with Crippen molar-refractivity contribution < 1.29 is 4.79 Å². The fourth-order valence-electron chi connectivity index (χ4n) is 2.13. The fourth-order valence-corrected chi connectivity index (χ4v) is 2.13. The minimum atomic E-state index is -0.105. The van der Waals surface area contributed by atoms with E-state index in [9.17, 15) is 4.79 Å². The largest absolute Gasteiger partial charge is 0.371 e. The molecule has 1 aromatic rings. The van der Waals surface area contributed by atoms with Crippen LogP contribution < -0.4 is 10.2 Å². The fraction of sp³-hybridized carbons (Fsp3) is 0.625. The van der Waals surface area contributed by atoms with Gasteiger partial charge in [0, 0.05) is 38.1 Å². The van der Waals surface area contributed by atoms with E-state index in [2.05, 4.69) is 29.0 Å². The number of likely N-dealkylation sites (N-methyl/N-ethyl adjacent to an activating group) is 1. The molecule has 118 valence electrons. The molecule has 0 spiro atoms. The molecule has 5 heteroatoms. The molecule has 0 saturated heterocycles. The van der Waals surface area contributed by atoms with Gasteiger partial charge in [0.25, 0.3) is 5.91 Å². The van der Waals surface area contributed by atoms with Crippen LogP contribution in [0.15, 0.2) is 18.3 Å². The topological polar surface area (TPSA) is 48.5 Å². The van der Waals surface area contributed by atoms with Gasteiger partial charge in [0.1, 0.15) is 5.69 Å². The van der Waals surface area contributed by atoms with Crippen molar-refractivity contribution in [2.24, 2.45) is 0 Å². The van der Waals surface area contributed by atoms with Gasteiger partial charge in [0.15, 0.2) is 0 Å². The van der Waals surface area contributed by atoms with Crippen molar-refractivity contribution in [3.63, 3.8) is 0 Å². The average Bonchev–Trinajstić information content (AvgIpc) is 2.46. The number of pyridine rings is 1. The zero-order chi connectivity index (χ0) is 15.7. The van der Waals surface area contributed by atoms with E-state index < -0.39 is 0 Å². The van der Waals surface area contributed by atoms with Gasteiger partial charge >= 0.3 is 0 Å². The minimum Gasteiger partial charge on any atom is -0.371 e. The summed E-state index contributed by atoms with van der Waals surface area (Å²) in [5.41, 5.74) is 1.56. The molecule has 0 fully saturated rings. The molecule has 0 bridgehead atoms. The number of hydrogen-bond donors (Lipinski definition) is 1. The second-order valence-corrected chi connectivity index (χ2v) is 5.45. The van der Waals surface area contributed by atoms with Gasteiger partial charge in [0.05, 0.1) is 0 Å². The highest BCUT2D eigenvalue weighted by Gasteiger charge is 2.10. The van der Waals surface area contributed by atoms with Crippen molar-refractivity contribution in [1.82, 2.24) is 15.2 Å². The molecule has 1 amide bonds. The molecule has 0 atom stereocenters.